The first-order valence-corrected chi connectivity index (χ1v) is 6.71. The maximum atomic E-state index is 11.6. The lowest BCUT2D eigenvalue weighted by Gasteiger charge is -2.42. The largest absolute Gasteiger partial charge is 0.354 e. The van der Waals surface area contributed by atoms with E-state index in [2.05, 4.69) is 17.4 Å². The molecule has 0 spiro atoms. The van der Waals surface area contributed by atoms with Gasteiger partial charge in [-0.25, -0.2) is 0 Å². The third kappa shape index (κ3) is 3.62. The lowest BCUT2D eigenvalue weighted by atomic mass is 9.64. The Hall–Kier alpha value is -0.770. The molecule has 5 heteroatoms. The average Bonchev–Trinajstić information content (AvgIpc) is 2.29. The molecule has 1 saturated carbocycles. The van der Waals surface area contributed by atoms with Crippen LogP contribution in [0.2, 0.25) is 5.02 Å². The van der Waals surface area contributed by atoms with Crippen molar-refractivity contribution in [3.63, 3.8) is 0 Å². The predicted molar refractivity (Wildman–Crippen MR) is 80.9 cm³/mol. The van der Waals surface area contributed by atoms with Crippen LogP contribution in [0.25, 0.3) is 0 Å². The van der Waals surface area contributed by atoms with Crippen molar-refractivity contribution in [2.45, 2.75) is 37.6 Å². The second-order valence-electron chi connectivity index (χ2n) is 5.15. The zero-order chi connectivity index (χ0) is 13.2. The van der Waals surface area contributed by atoms with Gasteiger partial charge in [0.25, 0.3) is 0 Å². The van der Waals surface area contributed by atoms with E-state index in [0.717, 1.165) is 17.9 Å². The number of halogens is 2. The van der Waals surface area contributed by atoms with Crippen molar-refractivity contribution in [1.29, 1.82) is 0 Å². The summed E-state index contributed by atoms with van der Waals surface area (Å²) in [5.41, 5.74) is 6.89. The molecule has 1 atom stereocenters. The van der Waals surface area contributed by atoms with Crippen molar-refractivity contribution < 1.29 is 4.79 Å². The van der Waals surface area contributed by atoms with Crippen LogP contribution in [-0.2, 0) is 10.2 Å². The molecule has 3 nitrogen and oxygen atoms in total. The first-order chi connectivity index (χ1) is 8.53. The quantitative estimate of drug-likeness (QED) is 0.898. The van der Waals surface area contributed by atoms with E-state index in [1.165, 1.54) is 12.0 Å². The van der Waals surface area contributed by atoms with Crippen LogP contribution >= 0.6 is 24.0 Å². The second kappa shape index (κ2) is 6.60. The molecule has 0 heterocycles. The lowest BCUT2D eigenvalue weighted by Crippen LogP contribution is -2.49. The molecule has 0 aromatic heterocycles. The number of carbonyl (C=O) groups is 1. The highest BCUT2D eigenvalue weighted by molar-refractivity contribution is 6.30. The molecule has 1 aromatic carbocycles. The van der Waals surface area contributed by atoms with Crippen molar-refractivity contribution in [2.75, 3.05) is 6.54 Å². The van der Waals surface area contributed by atoms with Crippen LogP contribution in [0, 0.1) is 0 Å². The molecule has 1 amide bonds. The van der Waals surface area contributed by atoms with Gasteiger partial charge in [0.05, 0.1) is 6.04 Å². The first-order valence-electron chi connectivity index (χ1n) is 6.33. The SMILES string of the molecule is C[C@H](N)C(=O)NCC1(c2ccc(Cl)cc2)CCC1.Cl. The molecule has 1 fully saturated rings. The molecular weight excluding hydrogens is 283 g/mol. The molecule has 1 aliphatic rings. The molecule has 3 N–H and O–H groups in total. The van der Waals surface area contributed by atoms with Gasteiger partial charge in [0.2, 0.25) is 5.91 Å². The minimum Gasteiger partial charge on any atom is -0.354 e. The monoisotopic (exact) mass is 302 g/mol. The van der Waals surface area contributed by atoms with Gasteiger partial charge in [0.15, 0.2) is 0 Å². The number of rotatable bonds is 4. The van der Waals surface area contributed by atoms with E-state index in [4.69, 9.17) is 17.3 Å². The Labute approximate surface area is 125 Å². The van der Waals surface area contributed by atoms with Gasteiger partial charge < -0.3 is 11.1 Å². The third-order valence-electron chi connectivity index (χ3n) is 3.78. The molecule has 106 valence electrons. The number of hydrogen-bond donors (Lipinski definition) is 2. The van der Waals surface area contributed by atoms with E-state index in [-0.39, 0.29) is 23.7 Å². The number of carbonyl (C=O) groups excluding carboxylic acids is 1. The molecular formula is C14H20Cl2N2O. The zero-order valence-corrected chi connectivity index (χ0v) is 12.6. The normalized spacial score (nSPS) is 17.8. The molecule has 0 radical (unpaired) electrons. The summed E-state index contributed by atoms with van der Waals surface area (Å²) in [5.74, 6) is -0.0877. The van der Waals surface area contributed by atoms with Crippen LogP contribution in [-0.4, -0.2) is 18.5 Å². The Kier molecular flexibility index (Phi) is 5.65. The third-order valence-corrected chi connectivity index (χ3v) is 4.03. The summed E-state index contributed by atoms with van der Waals surface area (Å²) in [4.78, 5) is 11.6. The summed E-state index contributed by atoms with van der Waals surface area (Å²) < 4.78 is 0. The highest BCUT2D eigenvalue weighted by Crippen LogP contribution is 2.43. The fourth-order valence-electron chi connectivity index (χ4n) is 2.39. The number of hydrogen-bond acceptors (Lipinski definition) is 2. The van der Waals surface area contributed by atoms with Crippen LogP contribution in [0.1, 0.15) is 31.7 Å². The molecule has 2 rings (SSSR count). The van der Waals surface area contributed by atoms with Gasteiger partial charge in [-0.15, -0.1) is 12.4 Å². The molecule has 1 aromatic rings. The molecule has 1 aliphatic carbocycles. The van der Waals surface area contributed by atoms with E-state index >= 15 is 0 Å². The predicted octanol–water partition coefficient (Wildman–Crippen LogP) is 2.65. The maximum Gasteiger partial charge on any atom is 0.236 e. The number of nitrogens with two attached hydrogens (primary N) is 1. The standard InChI is InChI=1S/C14H19ClN2O.ClH/c1-10(16)13(18)17-9-14(7-2-8-14)11-3-5-12(15)6-4-11;/h3-6,10H,2,7-9,16H2,1H3,(H,17,18);1H/t10-;/m0./s1. The number of amides is 1. The first kappa shape index (κ1) is 16.3. The van der Waals surface area contributed by atoms with E-state index in [1.54, 1.807) is 6.92 Å². The van der Waals surface area contributed by atoms with Crippen LogP contribution in [0.15, 0.2) is 24.3 Å². The Morgan fingerprint density at radius 1 is 1.42 bits per heavy atom. The van der Waals surface area contributed by atoms with Gasteiger partial charge in [-0.3, -0.25) is 4.79 Å². The fourth-order valence-corrected chi connectivity index (χ4v) is 2.52. The van der Waals surface area contributed by atoms with Gasteiger partial charge in [0.1, 0.15) is 0 Å². The number of nitrogens with one attached hydrogen (secondary N) is 1. The minimum absolute atomic E-state index is 0. The van der Waals surface area contributed by atoms with Crippen molar-refractivity contribution >= 4 is 29.9 Å². The number of benzene rings is 1. The minimum atomic E-state index is -0.452. The van der Waals surface area contributed by atoms with Gasteiger partial charge in [-0.2, -0.15) is 0 Å². The van der Waals surface area contributed by atoms with Crippen molar-refractivity contribution in [3.05, 3.63) is 34.9 Å². The topological polar surface area (TPSA) is 55.1 Å². The van der Waals surface area contributed by atoms with Crippen molar-refractivity contribution in [3.8, 4) is 0 Å². The van der Waals surface area contributed by atoms with Crippen LogP contribution in [0.4, 0.5) is 0 Å². The molecule has 0 saturated heterocycles. The summed E-state index contributed by atoms with van der Waals surface area (Å²) in [7, 11) is 0. The lowest BCUT2D eigenvalue weighted by molar-refractivity contribution is -0.122. The summed E-state index contributed by atoms with van der Waals surface area (Å²) >= 11 is 5.91. The summed E-state index contributed by atoms with van der Waals surface area (Å²) in [5, 5.41) is 3.68. The van der Waals surface area contributed by atoms with E-state index < -0.39 is 6.04 Å². The van der Waals surface area contributed by atoms with Gasteiger partial charge in [-0.1, -0.05) is 30.2 Å². The Bertz CT molecular complexity index is 428. The van der Waals surface area contributed by atoms with Crippen LogP contribution in [0.5, 0.6) is 0 Å². The highest BCUT2D eigenvalue weighted by Gasteiger charge is 2.38. The summed E-state index contributed by atoms with van der Waals surface area (Å²) in [6, 6.07) is 7.47. The smallest absolute Gasteiger partial charge is 0.236 e. The molecule has 19 heavy (non-hydrogen) atoms. The second-order valence-corrected chi connectivity index (χ2v) is 5.58. The van der Waals surface area contributed by atoms with Crippen LogP contribution < -0.4 is 11.1 Å². The maximum absolute atomic E-state index is 11.6. The Balaban J connectivity index is 0.00000180. The van der Waals surface area contributed by atoms with Gasteiger partial charge in [0, 0.05) is 17.0 Å². The molecule has 0 unspecified atom stereocenters. The van der Waals surface area contributed by atoms with E-state index in [1.807, 2.05) is 12.1 Å². The summed E-state index contributed by atoms with van der Waals surface area (Å²) in [6.07, 6.45) is 3.42. The van der Waals surface area contributed by atoms with E-state index in [9.17, 15) is 4.79 Å². The van der Waals surface area contributed by atoms with Crippen molar-refractivity contribution in [1.82, 2.24) is 5.32 Å². The van der Waals surface area contributed by atoms with E-state index in [0.29, 0.717) is 6.54 Å². The van der Waals surface area contributed by atoms with Gasteiger partial charge >= 0.3 is 0 Å². The summed E-state index contributed by atoms with van der Waals surface area (Å²) in [6.45, 7) is 2.36. The molecule has 0 bridgehead atoms. The molecule has 0 aliphatic heterocycles. The van der Waals surface area contributed by atoms with Crippen LogP contribution in [0.3, 0.4) is 0 Å². The fraction of sp³-hybridized carbons (Fsp3) is 0.500. The Morgan fingerprint density at radius 3 is 2.42 bits per heavy atom. The average molecular weight is 303 g/mol. The zero-order valence-electron chi connectivity index (χ0n) is 11.0. The Morgan fingerprint density at radius 2 is 2.00 bits per heavy atom. The van der Waals surface area contributed by atoms with Crippen molar-refractivity contribution in [2.24, 2.45) is 5.73 Å². The highest BCUT2D eigenvalue weighted by atomic mass is 35.5. The van der Waals surface area contributed by atoms with Gasteiger partial charge in [-0.05, 0) is 37.5 Å².